The number of nitrogens with zero attached hydrogens (tertiary/aromatic N) is 1. The molecule has 1 aromatic carbocycles. The van der Waals surface area contributed by atoms with E-state index < -0.39 is 0 Å². The van der Waals surface area contributed by atoms with Crippen LogP contribution in [0.5, 0.6) is 5.75 Å². The molecule has 2 aliphatic carbocycles. The van der Waals surface area contributed by atoms with E-state index in [1.807, 2.05) is 12.1 Å². The normalized spacial score (nSPS) is 27.1. The lowest BCUT2D eigenvalue weighted by Gasteiger charge is -2.19. The summed E-state index contributed by atoms with van der Waals surface area (Å²) < 4.78 is 5.12. The highest BCUT2D eigenvalue weighted by atomic mass is 32.2. The molecule has 1 saturated heterocycles. The molecule has 1 N–H and O–H groups in total. The fourth-order valence-electron chi connectivity index (χ4n) is 4.05. The molecule has 3 amide bonds. The van der Waals surface area contributed by atoms with Crippen molar-refractivity contribution < 1.29 is 19.1 Å². The van der Waals surface area contributed by atoms with Crippen molar-refractivity contribution in [3.63, 3.8) is 0 Å². The van der Waals surface area contributed by atoms with E-state index >= 15 is 0 Å². The maximum Gasteiger partial charge on any atom is 0.293 e. The SMILES string of the molecule is COc1ccc(/C=C2/SC(=O)N(CCNC(=O)C3CC4C=CC3C4)C2=O)cc1. The quantitative estimate of drug-likeness (QED) is 0.589. The Morgan fingerprint density at radius 2 is 2.04 bits per heavy atom. The average Bonchev–Trinajstić information content (AvgIpc) is 3.40. The first kappa shape index (κ1) is 18.8. The van der Waals surface area contributed by atoms with E-state index in [0.29, 0.717) is 16.7 Å². The largest absolute Gasteiger partial charge is 0.497 e. The van der Waals surface area contributed by atoms with Gasteiger partial charge in [-0.05, 0) is 60.2 Å². The van der Waals surface area contributed by atoms with Gasteiger partial charge in [0.1, 0.15) is 5.75 Å². The number of methoxy groups -OCH3 is 1. The lowest BCUT2D eigenvalue weighted by atomic mass is 9.93. The van der Waals surface area contributed by atoms with Crippen molar-refractivity contribution in [2.45, 2.75) is 12.8 Å². The van der Waals surface area contributed by atoms with Crippen LogP contribution < -0.4 is 10.1 Å². The number of carbonyl (C=O) groups is 3. The molecule has 7 heteroatoms. The van der Waals surface area contributed by atoms with Crippen LogP contribution in [-0.4, -0.2) is 42.2 Å². The summed E-state index contributed by atoms with van der Waals surface area (Å²) >= 11 is 0.926. The van der Waals surface area contributed by atoms with Crippen molar-refractivity contribution in [1.29, 1.82) is 0 Å². The van der Waals surface area contributed by atoms with Crippen LogP contribution in [0.15, 0.2) is 41.3 Å². The van der Waals surface area contributed by atoms with Crippen molar-refractivity contribution in [2.24, 2.45) is 17.8 Å². The number of ether oxygens (including phenoxy) is 1. The van der Waals surface area contributed by atoms with Crippen LogP contribution in [0.2, 0.25) is 0 Å². The Labute approximate surface area is 168 Å². The van der Waals surface area contributed by atoms with Gasteiger partial charge in [-0.25, -0.2) is 0 Å². The molecule has 2 bridgehead atoms. The number of hydrogen-bond donors (Lipinski definition) is 1. The molecule has 0 aromatic heterocycles. The van der Waals surface area contributed by atoms with Gasteiger partial charge in [-0.1, -0.05) is 24.3 Å². The van der Waals surface area contributed by atoms with E-state index in [1.54, 1.807) is 25.3 Å². The highest BCUT2D eigenvalue weighted by molar-refractivity contribution is 8.18. The third-order valence-electron chi connectivity index (χ3n) is 5.54. The van der Waals surface area contributed by atoms with Crippen molar-refractivity contribution in [2.75, 3.05) is 20.2 Å². The van der Waals surface area contributed by atoms with E-state index in [4.69, 9.17) is 4.74 Å². The van der Waals surface area contributed by atoms with E-state index in [1.165, 1.54) is 4.90 Å². The fraction of sp³-hybridized carbons (Fsp3) is 0.381. The Morgan fingerprint density at radius 3 is 2.68 bits per heavy atom. The first-order valence-corrected chi connectivity index (χ1v) is 10.2. The third kappa shape index (κ3) is 3.71. The summed E-state index contributed by atoms with van der Waals surface area (Å²) in [6.45, 7) is 0.470. The van der Waals surface area contributed by atoms with Gasteiger partial charge in [0.05, 0.1) is 12.0 Å². The smallest absolute Gasteiger partial charge is 0.293 e. The number of thioether (sulfide) groups is 1. The van der Waals surface area contributed by atoms with Gasteiger partial charge >= 0.3 is 0 Å². The molecule has 3 atom stereocenters. The number of carbonyl (C=O) groups excluding carboxylic acids is 3. The maximum absolute atomic E-state index is 12.5. The number of benzene rings is 1. The van der Waals surface area contributed by atoms with Gasteiger partial charge in [-0.15, -0.1) is 0 Å². The van der Waals surface area contributed by atoms with Crippen molar-refractivity contribution in [3.8, 4) is 5.75 Å². The molecule has 1 aromatic rings. The Balaban J connectivity index is 1.32. The number of amides is 3. The first-order chi connectivity index (χ1) is 13.5. The van der Waals surface area contributed by atoms with Gasteiger partial charge in [-0.3, -0.25) is 19.3 Å². The average molecular weight is 398 g/mol. The molecule has 1 aliphatic heterocycles. The number of imide groups is 1. The molecular formula is C21H22N2O4S. The second kappa shape index (κ2) is 7.83. The predicted octanol–water partition coefficient (Wildman–Crippen LogP) is 3.06. The summed E-state index contributed by atoms with van der Waals surface area (Å²) in [6.07, 6.45) is 8.00. The van der Waals surface area contributed by atoms with E-state index in [-0.39, 0.29) is 36.1 Å². The highest BCUT2D eigenvalue weighted by Gasteiger charge is 2.40. The van der Waals surface area contributed by atoms with Crippen LogP contribution in [0.3, 0.4) is 0 Å². The standard InChI is InChI=1S/C21H22N2O4S/c1-27-16-6-3-13(4-7-16)12-18-20(25)23(21(26)28-18)9-8-22-19(24)17-11-14-2-5-15(17)10-14/h2-7,12,14-15,17H,8-11H2,1H3,(H,22,24)/b18-12+. The van der Waals surface area contributed by atoms with E-state index in [9.17, 15) is 14.4 Å². The molecule has 3 unspecified atom stereocenters. The minimum atomic E-state index is -0.317. The van der Waals surface area contributed by atoms with E-state index in [0.717, 1.165) is 35.9 Å². The zero-order valence-corrected chi connectivity index (χ0v) is 16.4. The predicted molar refractivity (Wildman–Crippen MR) is 108 cm³/mol. The Kier molecular flexibility index (Phi) is 5.26. The maximum atomic E-state index is 12.5. The van der Waals surface area contributed by atoms with Crippen LogP contribution in [0.4, 0.5) is 4.79 Å². The number of fused-ring (bicyclic) bond motifs is 2. The van der Waals surface area contributed by atoms with E-state index in [2.05, 4.69) is 17.5 Å². The number of hydrogen-bond acceptors (Lipinski definition) is 5. The van der Waals surface area contributed by atoms with Gasteiger partial charge in [0, 0.05) is 19.0 Å². The Morgan fingerprint density at radius 1 is 1.25 bits per heavy atom. The second-order valence-electron chi connectivity index (χ2n) is 7.28. The molecule has 6 nitrogen and oxygen atoms in total. The lowest BCUT2D eigenvalue weighted by Crippen LogP contribution is -2.40. The summed E-state index contributed by atoms with van der Waals surface area (Å²) in [5.74, 6) is 1.34. The van der Waals surface area contributed by atoms with Gasteiger partial charge < -0.3 is 10.1 Å². The van der Waals surface area contributed by atoms with Crippen molar-refractivity contribution in [1.82, 2.24) is 10.2 Å². The molecule has 1 heterocycles. The van der Waals surface area contributed by atoms with Crippen LogP contribution in [-0.2, 0) is 9.59 Å². The number of allylic oxidation sites excluding steroid dienone is 2. The monoisotopic (exact) mass is 398 g/mol. The fourth-order valence-corrected chi connectivity index (χ4v) is 4.91. The zero-order valence-electron chi connectivity index (χ0n) is 15.6. The van der Waals surface area contributed by atoms with Gasteiger partial charge in [0.2, 0.25) is 5.91 Å². The molecule has 3 aliphatic rings. The summed E-state index contributed by atoms with van der Waals surface area (Å²) in [5.41, 5.74) is 0.823. The van der Waals surface area contributed by atoms with Crippen LogP contribution in [0.25, 0.3) is 6.08 Å². The number of nitrogens with one attached hydrogen (secondary N) is 1. The molecule has 0 spiro atoms. The second-order valence-corrected chi connectivity index (χ2v) is 8.28. The minimum Gasteiger partial charge on any atom is -0.497 e. The Bertz CT molecular complexity index is 862. The zero-order chi connectivity index (χ0) is 19.7. The van der Waals surface area contributed by atoms with Gasteiger partial charge in [-0.2, -0.15) is 0 Å². The minimum absolute atomic E-state index is 0.0256. The molecule has 28 heavy (non-hydrogen) atoms. The molecular weight excluding hydrogens is 376 g/mol. The lowest BCUT2D eigenvalue weighted by molar-refractivity contribution is -0.127. The summed E-state index contributed by atoms with van der Waals surface area (Å²) in [6, 6.07) is 7.26. The summed E-state index contributed by atoms with van der Waals surface area (Å²) in [5, 5.41) is 2.59. The van der Waals surface area contributed by atoms with Gasteiger partial charge in [0.15, 0.2) is 0 Å². The van der Waals surface area contributed by atoms with Crippen LogP contribution >= 0.6 is 11.8 Å². The first-order valence-electron chi connectivity index (χ1n) is 9.40. The topological polar surface area (TPSA) is 75.7 Å². The summed E-state index contributed by atoms with van der Waals surface area (Å²) in [7, 11) is 1.59. The highest BCUT2D eigenvalue weighted by Crippen LogP contribution is 2.43. The number of rotatable bonds is 6. The van der Waals surface area contributed by atoms with Crippen LogP contribution in [0, 0.1) is 17.8 Å². The Hall–Kier alpha value is -2.54. The third-order valence-corrected chi connectivity index (χ3v) is 6.44. The van der Waals surface area contributed by atoms with Crippen molar-refractivity contribution >= 4 is 34.9 Å². The molecule has 0 radical (unpaired) electrons. The molecule has 1 saturated carbocycles. The summed E-state index contributed by atoms with van der Waals surface area (Å²) in [4.78, 5) is 38.7. The van der Waals surface area contributed by atoms with Crippen LogP contribution in [0.1, 0.15) is 18.4 Å². The van der Waals surface area contributed by atoms with Gasteiger partial charge in [0.25, 0.3) is 11.1 Å². The molecule has 2 fully saturated rings. The molecule has 4 rings (SSSR count). The van der Waals surface area contributed by atoms with Crippen molar-refractivity contribution in [3.05, 3.63) is 46.9 Å². The molecule has 146 valence electrons.